The fraction of sp³-hybridized carbons (Fsp3) is 0.625. The zero-order valence-electron chi connectivity index (χ0n) is 11.4. The molecule has 0 bridgehead atoms. The monoisotopic (exact) mass is 247 g/mol. The molecule has 1 aliphatic rings. The SMILES string of the molecule is CCCCOCCC1CCc2ccccc2C1N. The first-order valence-corrected chi connectivity index (χ1v) is 7.24. The number of fused-ring (bicyclic) bond motifs is 1. The molecular weight excluding hydrogens is 222 g/mol. The fourth-order valence-electron chi connectivity index (χ4n) is 2.77. The van der Waals surface area contributed by atoms with Crippen molar-refractivity contribution in [2.75, 3.05) is 13.2 Å². The van der Waals surface area contributed by atoms with Crippen LogP contribution in [-0.2, 0) is 11.2 Å². The summed E-state index contributed by atoms with van der Waals surface area (Å²) in [6, 6.07) is 8.80. The topological polar surface area (TPSA) is 35.2 Å². The van der Waals surface area contributed by atoms with Crippen LogP contribution in [0.2, 0.25) is 0 Å². The van der Waals surface area contributed by atoms with Crippen molar-refractivity contribution in [1.29, 1.82) is 0 Å². The van der Waals surface area contributed by atoms with Gasteiger partial charge in [-0.15, -0.1) is 0 Å². The summed E-state index contributed by atoms with van der Waals surface area (Å²) in [4.78, 5) is 0. The molecule has 0 saturated heterocycles. The molecule has 2 heteroatoms. The van der Waals surface area contributed by atoms with E-state index in [1.54, 1.807) is 0 Å². The third-order valence-electron chi connectivity index (χ3n) is 3.98. The smallest absolute Gasteiger partial charge is 0.0469 e. The van der Waals surface area contributed by atoms with Crippen molar-refractivity contribution in [3.8, 4) is 0 Å². The van der Waals surface area contributed by atoms with Gasteiger partial charge in [-0.3, -0.25) is 0 Å². The van der Waals surface area contributed by atoms with E-state index in [0.717, 1.165) is 19.6 Å². The van der Waals surface area contributed by atoms with Crippen LogP contribution in [0.25, 0.3) is 0 Å². The van der Waals surface area contributed by atoms with Gasteiger partial charge in [0, 0.05) is 19.3 Å². The number of aryl methyl sites for hydroxylation is 1. The first kappa shape index (κ1) is 13.6. The van der Waals surface area contributed by atoms with Crippen molar-refractivity contribution in [3.05, 3.63) is 35.4 Å². The normalized spacial score (nSPS) is 22.8. The number of benzene rings is 1. The van der Waals surface area contributed by atoms with Crippen molar-refractivity contribution < 1.29 is 4.74 Å². The second-order valence-corrected chi connectivity index (χ2v) is 5.28. The molecule has 2 nitrogen and oxygen atoms in total. The maximum atomic E-state index is 6.38. The summed E-state index contributed by atoms with van der Waals surface area (Å²) in [5.74, 6) is 0.585. The van der Waals surface area contributed by atoms with E-state index < -0.39 is 0 Å². The maximum Gasteiger partial charge on any atom is 0.0469 e. The standard InChI is InChI=1S/C16H25NO/c1-2-3-11-18-12-10-14-9-8-13-6-4-5-7-15(13)16(14)17/h4-7,14,16H,2-3,8-12,17H2,1H3. The molecule has 18 heavy (non-hydrogen) atoms. The van der Waals surface area contributed by atoms with E-state index in [2.05, 4.69) is 31.2 Å². The van der Waals surface area contributed by atoms with Gasteiger partial charge in [0.25, 0.3) is 0 Å². The molecule has 100 valence electrons. The van der Waals surface area contributed by atoms with Crippen LogP contribution in [0.3, 0.4) is 0 Å². The molecule has 0 spiro atoms. The molecule has 1 aliphatic carbocycles. The van der Waals surface area contributed by atoms with Gasteiger partial charge in [-0.05, 0) is 42.7 Å². The Bertz CT molecular complexity index is 364. The molecule has 1 aromatic carbocycles. The molecule has 0 aromatic heterocycles. The average Bonchev–Trinajstić information content (AvgIpc) is 2.41. The van der Waals surface area contributed by atoms with Gasteiger partial charge >= 0.3 is 0 Å². The van der Waals surface area contributed by atoms with Crippen molar-refractivity contribution in [2.45, 2.75) is 45.1 Å². The van der Waals surface area contributed by atoms with E-state index in [-0.39, 0.29) is 6.04 Å². The van der Waals surface area contributed by atoms with Crippen LogP contribution in [0.5, 0.6) is 0 Å². The van der Waals surface area contributed by atoms with E-state index >= 15 is 0 Å². The van der Waals surface area contributed by atoms with Crippen molar-refractivity contribution in [2.24, 2.45) is 11.7 Å². The molecule has 1 aromatic rings. The van der Waals surface area contributed by atoms with Gasteiger partial charge in [0.1, 0.15) is 0 Å². The number of hydrogen-bond acceptors (Lipinski definition) is 2. The number of unbranched alkanes of at least 4 members (excludes halogenated alkanes) is 1. The third-order valence-corrected chi connectivity index (χ3v) is 3.98. The number of nitrogens with two attached hydrogens (primary N) is 1. The first-order chi connectivity index (χ1) is 8.83. The quantitative estimate of drug-likeness (QED) is 0.781. The van der Waals surface area contributed by atoms with E-state index in [9.17, 15) is 0 Å². The maximum absolute atomic E-state index is 6.38. The van der Waals surface area contributed by atoms with E-state index in [4.69, 9.17) is 10.5 Å². The van der Waals surface area contributed by atoms with Gasteiger partial charge in [0.05, 0.1) is 0 Å². The van der Waals surface area contributed by atoms with Gasteiger partial charge in [-0.1, -0.05) is 37.6 Å². The number of rotatable bonds is 6. The Kier molecular flexibility index (Phi) is 5.21. The summed E-state index contributed by atoms with van der Waals surface area (Å²) in [7, 11) is 0. The second kappa shape index (κ2) is 6.91. The fourth-order valence-corrected chi connectivity index (χ4v) is 2.77. The highest BCUT2D eigenvalue weighted by molar-refractivity contribution is 5.32. The molecule has 0 amide bonds. The molecule has 0 heterocycles. The van der Waals surface area contributed by atoms with Crippen LogP contribution in [-0.4, -0.2) is 13.2 Å². The Balaban J connectivity index is 1.82. The van der Waals surface area contributed by atoms with Crippen LogP contribution in [0.4, 0.5) is 0 Å². The minimum atomic E-state index is 0.199. The third kappa shape index (κ3) is 3.33. The lowest BCUT2D eigenvalue weighted by atomic mass is 9.79. The minimum absolute atomic E-state index is 0.199. The van der Waals surface area contributed by atoms with Gasteiger partial charge in [0.2, 0.25) is 0 Å². The Labute approximate surface area is 111 Å². The van der Waals surface area contributed by atoms with Crippen LogP contribution in [0.15, 0.2) is 24.3 Å². The summed E-state index contributed by atoms with van der Waals surface area (Å²) in [5.41, 5.74) is 9.16. The van der Waals surface area contributed by atoms with Gasteiger partial charge in [0.15, 0.2) is 0 Å². The highest BCUT2D eigenvalue weighted by atomic mass is 16.5. The van der Waals surface area contributed by atoms with Gasteiger partial charge in [-0.25, -0.2) is 0 Å². The summed E-state index contributed by atoms with van der Waals surface area (Å²) in [5, 5.41) is 0. The van der Waals surface area contributed by atoms with Crippen molar-refractivity contribution in [1.82, 2.24) is 0 Å². The molecule has 0 aliphatic heterocycles. The summed E-state index contributed by atoms with van der Waals surface area (Å²) in [6.45, 7) is 3.95. The minimum Gasteiger partial charge on any atom is -0.381 e. The van der Waals surface area contributed by atoms with Crippen LogP contribution in [0, 0.1) is 5.92 Å². The summed E-state index contributed by atoms with van der Waals surface area (Å²) in [6.07, 6.45) is 5.84. The number of ether oxygens (including phenoxy) is 1. The van der Waals surface area contributed by atoms with Gasteiger partial charge < -0.3 is 10.5 Å². The Morgan fingerprint density at radius 1 is 1.28 bits per heavy atom. The van der Waals surface area contributed by atoms with Crippen molar-refractivity contribution >= 4 is 0 Å². The molecule has 2 atom stereocenters. The average molecular weight is 247 g/mol. The van der Waals surface area contributed by atoms with Crippen molar-refractivity contribution in [3.63, 3.8) is 0 Å². The lowest BCUT2D eigenvalue weighted by molar-refractivity contribution is 0.111. The second-order valence-electron chi connectivity index (χ2n) is 5.28. The Morgan fingerprint density at radius 3 is 2.94 bits per heavy atom. The lowest BCUT2D eigenvalue weighted by Gasteiger charge is -2.31. The number of hydrogen-bond donors (Lipinski definition) is 1. The first-order valence-electron chi connectivity index (χ1n) is 7.24. The van der Waals surface area contributed by atoms with E-state index in [1.807, 2.05) is 0 Å². The summed E-state index contributed by atoms with van der Waals surface area (Å²) < 4.78 is 5.66. The van der Waals surface area contributed by atoms with E-state index in [0.29, 0.717) is 5.92 Å². The predicted molar refractivity (Wildman–Crippen MR) is 75.5 cm³/mol. The lowest BCUT2D eigenvalue weighted by Crippen LogP contribution is -2.28. The molecule has 2 unspecified atom stereocenters. The Morgan fingerprint density at radius 2 is 2.11 bits per heavy atom. The highest BCUT2D eigenvalue weighted by Crippen LogP contribution is 2.34. The van der Waals surface area contributed by atoms with E-state index in [1.165, 1.54) is 36.8 Å². The molecule has 0 fully saturated rings. The molecule has 0 saturated carbocycles. The van der Waals surface area contributed by atoms with Crippen LogP contribution >= 0.6 is 0 Å². The largest absolute Gasteiger partial charge is 0.381 e. The van der Waals surface area contributed by atoms with Crippen LogP contribution in [0.1, 0.15) is 49.8 Å². The van der Waals surface area contributed by atoms with Crippen LogP contribution < -0.4 is 5.73 Å². The van der Waals surface area contributed by atoms with Gasteiger partial charge in [-0.2, -0.15) is 0 Å². The summed E-state index contributed by atoms with van der Waals surface area (Å²) >= 11 is 0. The highest BCUT2D eigenvalue weighted by Gasteiger charge is 2.25. The zero-order chi connectivity index (χ0) is 12.8. The zero-order valence-corrected chi connectivity index (χ0v) is 11.4. The Hall–Kier alpha value is -0.860. The molecular formula is C16H25NO. The molecule has 0 radical (unpaired) electrons. The molecule has 2 rings (SSSR count). The molecule has 2 N–H and O–H groups in total. The predicted octanol–water partition coefficient (Wildman–Crippen LogP) is 3.46.